The molecule has 100 valence electrons. The molecule has 2 aromatic rings. The molecule has 0 fully saturated rings. The first-order chi connectivity index (χ1) is 9.06. The van der Waals surface area contributed by atoms with Crippen molar-refractivity contribution in [1.29, 1.82) is 0 Å². The van der Waals surface area contributed by atoms with Gasteiger partial charge in [-0.15, -0.1) is 0 Å². The Bertz CT molecular complexity index is 555. The lowest BCUT2D eigenvalue weighted by molar-refractivity contribution is 0.544. The van der Waals surface area contributed by atoms with Crippen molar-refractivity contribution in [2.24, 2.45) is 0 Å². The van der Waals surface area contributed by atoms with Crippen LogP contribution in [-0.4, -0.2) is 0 Å². The van der Waals surface area contributed by atoms with Crippen molar-refractivity contribution in [2.75, 3.05) is 0 Å². The van der Waals surface area contributed by atoms with Crippen molar-refractivity contribution in [1.82, 2.24) is 5.32 Å². The lowest BCUT2D eigenvalue weighted by atomic mass is 10.1. The summed E-state index contributed by atoms with van der Waals surface area (Å²) < 4.78 is 13.6. The third kappa shape index (κ3) is 3.93. The van der Waals surface area contributed by atoms with E-state index in [0.717, 1.165) is 5.56 Å². The maximum absolute atomic E-state index is 13.6. The van der Waals surface area contributed by atoms with E-state index < -0.39 is 0 Å². The highest BCUT2D eigenvalue weighted by atomic mass is 35.5. The Kier molecular flexibility index (Phi) is 4.81. The van der Waals surface area contributed by atoms with Crippen molar-refractivity contribution in [3.8, 4) is 0 Å². The number of rotatable bonds is 4. The molecule has 0 amide bonds. The van der Waals surface area contributed by atoms with Gasteiger partial charge in [0.2, 0.25) is 0 Å². The molecular formula is C15H14Cl2FN. The summed E-state index contributed by atoms with van der Waals surface area (Å²) in [4.78, 5) is 0. The molecule has 0 aliphatic heterocycles. The van der Waals surface area contributed by atoms with Gasteiger partial charge in [-0.2, -0.15) is 0 Å². The molecule has 0 heterocycles. The van der Waals surface area contributed by atoms with E-state index in [1.807, 2.05) is 31.2 Å². The number of benzene rings is 2. The minimum atomic E-state index is -0.289. The van der Waals surface area contributed by atoms with Gasteiger partial charge < -0.3 is 5.32 Å². The molecule has 1 unspecified atom stereocenters. The monoisotopic (exact) mass is 297 g/mol. The van der Waals surface area contributed by atoms with Gasteiger partial charge in [0.25, 0.3) is 0 Å². The maximum atomic E-state index is 13.6. The number of hydrogen-bond donors (Lipinski definition) is 1. The van der Waals surface area contributed by atoms with E-state index in [1.54, 1.807) is 12.1 Å². The standard InChI is InChI=1S/C15H14Cl2FN/c1-10(11-2-5-13(16)6-3-11)19-9-12-4-7-14(17)8-15(12)18/h2-8,10,19H,9H2,1H3. The molecule has 19 heavy (non-hydrogen) atoms. The predicted molar refractivity (Wildman–Crippen MR) is 78.1 cm³/mol. The zero-order chi connectivity index (χ0) is 13.8. The Morgan fingerprint density at radius 1 is 1.05 bits per heavy atom. The van der Waals surface area contributed by atoms with Gasteiger partial charge in [0, 0.05) is 28.2 Å². The zero-order valence-electron chi connectivity index (χ0n) is 10.5. The van der Waals surface area contributed by atoms with Crippen LogP contribution in [-0.2, 0) is 6.54 Å². The van der Waals surface area contributed by atoms with Gasteiger partial charge >= 0.3 is 0 Å². The molecule has 0 saturated heterocycles. The Balaban J connectivity index is 2.00. The first kappa shape index (κ1) is 14.3. The summed E-state index contributed by atoms with van der Waals surface area (Å²) in [5, 5.41) is 4.39. The van der Waals surface area contributed by atoms with Crippen LogP contribution in [0.5, 0.6) is 0 Å². The Morgan fingerprint density at radius 2 is 1.68 bits per heavy atom. The second-order valence-electron chi connectivity index (χ2n) is 4.39. The van der Waals surface area contributed by atoms with Gasteiger partial charge in [-0.25, -0.2) is 4.39 Å². The van der Waals surface area contributed by atoms with Crippen LogP contribution in [0.3, 0.4) is 0 Å². The average molecular weight is 298 g/mol. The molecule has 2 rings (SSSR count). The van der Waals surface area contributed by atoms with E-state index in [2.05, 4.69) is 5.32 Å². The average Bonchev–Trinajstić information content (AvgIpc) is 2.38. The summed E-state index contributed by atoms with van der Waals surface area (Å²) in [6.07, 6.45) is 0. The van der Waals surface area contributed by atoms with Crippen LogP contribution in [0.2, 0.25) is 10.0 Å². The minimum absolute atomic E-state index is 0.118. The smallest absolute Gasteiger partial charge is 0.129 e. The van der Waals surface area contributed by atoms with Crippen LogP contribution in [0.1, 0.15) is 24.1 Å². The van der Waals surface area contributed by atoms with Gasteiger partial charge in [-0.1, -0.05) is 41.4 Å². The molecule has 0 bridgehead atoms. The van der Waals surface area contributed by atoms with Gasteiger partial charge in [-0.05, 0) is 36.8 Å². The van der Waals surface area contributed by atoms with Crippen LogP contribution in [0, 0.1) is 5.82 Å². The van der Waals surface area contributed by atoms with Gasteiger partial charge in [0.1, 0.15) is 5.82 Å². The second-order valence-corrected chi connectivity index (χ2v) is 5.26. The van der Waals surface area contributed by atoms with Crippen molar-refractivity contribution >= 4 is 23.2 Å². The highest BCUT2D eigenvalue weighted by Crippen LogP contribution is 2.18. The van der Waals surface area contributed by atoms with Crippen LogP contribution >= 0.6 is 23.2 Å². The highest BCUT2D eigenvalue weighted by Gasteiger charge is 2.07. The van der Waals surface area contributed by atoms with E-state index in [4.69, 9.17) is 23.2 Å². The zero-order valence-corrected chi connectivity index (χ0v) is 12.0. The third-order valence-corrected chi connectivity index (χ3v) is 3.47. The first-order valence-corrected chi connectivity index (χ1v) is 6.74. The summed E-state index contributed by atoms with van der Waals surface area (Å²) in [5.41, 5.74) is 1.71. The Labute approximate surface area is 122 Å². The normalized spacial score (nSPS) is 12.4. The maximum Gasteiger partial charge on any atom is 0.129 e. The molecular weight excluding hydrogens is 284 g/mol. The quantitative estimate of drug-likeness (QED) is 0.839. The molecule has 0 aliphatic carbocycles. The molecule has 0 radical (unpaired) electrons. The second kappa shape index (κ2) is 6.38. The lowest BCUT2D eigenvalue weighted by Crippen LogP contribution is -2.18. The van der Waals surface area contributed by atoms with E-state index in [0.29, 0.717) is 22.2 Å². The molecule has 1 N–H and O–H groups in total. The Morgan fingerprint density at radius 3 is 2.32 bits per heavy atom. The fraction of sp³-hybridized carbons (Fsp3) is 0.200. The van der Waals surface area contributed by atoms with Gasteiger partial charge in [0.15, 0.2) is 0 Å². The van der Waals surface area contributed by atoms with Crippen LogP contribution in [0.4, 0.5) is 4.39 Å². The molecule has 1 nitrogen and oxygen atoms in total. The van der Waals surface area contributed by atoms with E-state index in [1.165, 1.54) is 6.07 Å². The SMILES string of the molecule is CC(NCc1ccc(Cl)cc1F)c1ccc(Cl)cc1. The third-order valence-electron chi connectivity index (χ3n) is 2.98. The summed E-state index contributed by atoms with van der Waals surface area (Å²) in [5.74, 6) is -0.289. The van der Waals surface area contributed by atoms with Crippen LogP contribution < -0.4 is 5.32 Å². The molecule has 2 aromatic carbocycles. The minimum Gasteiger partial charge on any atom is -0.306 e. The fourth-order valence-corrected chi connectivity index (χ4v) is 2.08. The summed E-state index contributed by atoms with van der Waals surface area (Å²) in [6, 6.07) is 12.4. The van der Waals surface area contributed by atoms with Crippen molar-refractivity contribution in [3.63, 3.8) is 0 Å². The topological polar surface area (TPSA) is 12.0 Å². The van der Waals surface area contributed by atoms with Crippen molar-refractivity contribution in [3.05, 3.63) is 69.5 Å². The van der Waals surface area contributed by atoms with E-state index >= 15 is 0 Å². The number of hydrogen-bond acceptors (Lipinski definition) is 1. The highest BCUT2D eigenvalue weighted by molar-refractivity contribution is 6.30. The van der Waals surface area contributed by atoms with E-state index in [9.17, 15) is 4.39 Å². The molecule has 1 atom stereocenters. The summed E-state index contributed by atoms with van der Waals surface area (Å²) >= 11 is 11.6. The number of halogens is 3. The number of nitrogens with one attached hydrogen (secondary N) is 1. The first-order valence-electron chi connectivity index (χ1n) is 5.99. The van der Waals surface area contributed by atoms with Crippen LogP contribution in [0.15, 0.2) is 42.5 Å². The molecule has 4 heteroatoms. The van der Waals surface area contributed by atoms with Crippen molar-refractivity contribution in [2.45, 2.75) is 19.5 Å². The lowest BCUT2D eigenvalue weighted by Gasteiger charge is -2.14. The van der Waals surface area contributed by atoms with Gasteiger partial charge in [-0.3, -0.25) is 0 Å². The molecule has 0 spiro atoms. The molecule has 0 saturated carbocycles. The predicted octanol–water partition coefficient (Wildman–Crippen LogP) is 4.98. The van der Waals surface area contributed by atoms with Crippen molar-refractivity contribution < 1.29 is 4.39 Å². The molecule has 0 aromatic heterocycles. The van der Waals surface area contributed by atoms with E-state index in [-0.39, 0.29) is 11.9 Å². The van der Waals surface area contributed by atoms with Gasteiger partial charge in [0.05, 0.1) is 0 Å². The molecule has 0 aliphatic rings. The fourth-order valence-electron chi connectivity index (χ4n) is 1.80. The van der Waals surface area contributed by atoms with Crippen LogP contribution in [0.25, 0.3) is 0 Å². The Hall–Kier alpha value is -1.09. The summed E-state index contributed by atoms with van der Waals surface area (Å²) in [7, 11) is 0. The largest absolute Gasteiger partial charge is 0.306 e. The summed E-state index contributed by atoms with van der Waals surface area (Å²) in [6.45, 7) is 2.48.